The average molecular weight is 460 g/mol. The summed E-state index contributed by atoms with van der Waals surface area (Å²) in [5.74, 6) is -0.316. The molecular weight excluding hydrogens is 434 g/mol. The van der Waals surface area contributed by atoms with Gasteiger partial charge in [-0.3, -0.25) is 19.4 Å². The molecule has 2 heterocycles. The summed E-state index contributed by atoms with van der Waals surface area (Å²) < 4.78 is 10.6. The fourth-order valence-corrected chi connectivity index (χ4v) is 3.97. The lowest BCUT2D eigenvalue weighted by Gasteiger charge is -2.28. The molecule has 0 aliphatic carbocycles. The number of amides is 3. The molecular formula is C26H25N3O5. The summed E-state index contributed by atoms with van der Waals surface area (Å²) >= 11 is 0. The molecule has 3 aromatic rings. The van der Waals surface area contributed by atoms with Gasteiger partial charge < -0.3 is 14.4 Å². The highest BCUT2D eigenvalue weighted by molar-refractivity contribution is 6.23. The number of aromatic nitrogens is 1. The number of rotatable bonds is 7. The van der Waals surface area contributed by atoms with Crippen molar-refractivity contribution in [3.05, 3.63) is 83.7 Å². The van der Waals surface area contributed by atoms with E-state index in [1.165, 1.54) is 19.1 Å². The van der Waals surface area contributed by atoms with Crippen molar-refractivity contribution in [2.45, 2.75) is 25.9 Å². The number of methoxy groups -OCH3 is 2. The third kappa shape index (κ3) is 4.47. The van der Waals surface area contributed by atoms with E-state index >= 15 is 0 Å². The Kier molecular flexibility index (Phi) is 6.58. The molecule has 3 amide bonds. The summed E-state index contributed by atoms with van der Waals surface area (Å²) in [6, 6.07) is 14.6. The van der Waals surface area contributed by atoms with Crippen LogP contribution in [-0.2, 0) is 16.1 Å². The quantitative estimate of drug-likeness (QED) is 0.504. The van der Waals surface area contributed by atoms with Gasteiger partial charge >= 0.3 is 0 Å². The first-order chi connectivity index (χ1) is 16.4. The summed E-state index contributed by atoms with van der Waals surface area (Å²) in [5, 5.41) is 0. The Balaban J connectivity index is 1.70. The Labute approximate surface area is 197 Å². The number of anilines is 1. The minimum Gasteiger partial charge on any atom is -0.493 e. The third-order valence-corrected chi connectivity index (χ3v) is 5.76. The number of pyridine rings is 1. The Morgan fingerprint density at radius 1 is 1.06 bits per heavy atom. The highest BCUT2D eigenvalue weighted by atomic mass is 16.5. The summed E-state index contributed by atoms with van der Waals surface area (Å²) in [6.07, 6.45) is 3.16. The average Bonchev–Trinajstić information content (AvgIpc) is 3.16. The van der Waals surface area contributed by atoms with Gasteiger partial charge in [0.2, 0.25) is 5.91 Å². The molecule has 0 spiro atoms. The minimum atomic E-state index is -0.949. The maximum absolute atomic E-state index is 13.7. The minimum absolute atomic E-state index is 0.105. The number of aryl methyl sites for hydroxylation is 1. The van der Waals surface area contributed by atoms with Gasteiger partial charge in [0.05, 0.1) is 26.3 Å². The number of carbonyl (C=O) groups is 3. The number of ether oxygens (including phenoxy) is 2. The highest BCUT2D eigenvalue weighted by Gasteiger charge is 2.44. The van der Waals surface area contributed by atoms with Crippen LogP contribution in [0, 0.1) is 6.92 Å². The number of nitrogens with zero attached hydrogens (tertiary/aromatic N) is 3. The molecule has 1 atom stereocenters. The van der Waals surface area contributed by atoms with Gasteiger partial charge in [-0.15, -0.1) is 0 Å². The van der Waals surface area contributed by atoms with Crippen LogP contribution in [0.5, 0.6) is 11.5 Å². The van der Waals surface area contributed by atoms with Crippen molar-refractivity contribution in [3.8, 4) is 11.5 Å². The van der Waals surface area contributed by atoms with E-state index in [9.17, 15) is 14.4 Å². The Morgan fingerprint density at radius 3 is 2.44 bits per heavy atom. The van der Waals surface area contributed by atoms with Crippen LogP contribution in [0.2, 0.25) is 0 Å². The lowest BCUT2D eigenvalue weighted by atomic mass is 10.1. The molecule has 34 heavy (non-hydrogen) atoms. The zero-order valence-electron chi connectivity index (χ0n) is 19.2. The zero-order chi connectivity index (χ0) is 24.2. The summed E-state index contributed by atoms with van der Waals surface area (Å²) in [4.78, 5) is 46.7. The molecule has 0 saturated carbocycles. The summed E-state index contributed by atoms with van der Waals surface area (Å²) in [7, 11) is 2.99. The zero-order valence-corrected chi connectivity index (χ0v) is 19.2. The molecule has 1 aliphatic rings. The van der Waals surface area contributed by atoms with Crippen LogP contribution >= 0.6 is 0 Å². The number of imide groups is 1. The fraction of sp³-hybridized carbons (Fsp3) is 0.231. The number of hydrogen-bond acceptors (Lipinski definition) is 6. The van der Waals surface area contributed by atoms with Gasteiger partial charge in [-0.2, -0.15) is 0 Å². The van der Waals surface area contributed by atoms with Crippen LogP contribution in [0.4, 0.5) is 5.69 Å². The van der Waals surface area contributed by atoms with Crippen LogP contribution in [0.15, 0.2) is 67.0 Å². The first-order valence-electron chi connectivity index (χ1n) is 10.8. The molecule has 0 bridgehead atoms. The molecule has 0 N–H and O–H groups in total. The van der Waals surface area contributed by atoms with E-state index in [4.69, 9.17) is 9.47 Å². The standard InChI is InChI=1S/C26H25N3O5/c1-17-6-9-20(10-7-17)29-24(30)14-21(26(29)32)28(16-18-5-4-12-27-15-18)25(31)19-8-11-22(33-2)23(13-19)34-3/h4-13,15,21H,14,16H2,1-3H3. The number of carbonyl (C=O) groups excluding carboxylic acids is 3. The van der Waals surface area contributed by atoms with E-state index in [0.29, 0.717) is 22.7 Å². The maximum Gasteiger partial charge on any atom is 0.257 e. The van der Waals surface area contributed by atoms with Crippen LogP contribution < -0.4 is 14.4 Å². The van der Waals surface area contributed by atoms with E-state index in [0.717, 1.165) is 16.0 Å². The molecule has 2 aromatic carbocycles. The first kappa shape index (κ1) is 23.0. The van der Waals surface area contributed by atoms with Gasteiger partial charge in [-0.25, -0.2) is 4.90 Å². The van der Waals surface area contributed by atoms with Crippen molar-refractivity contribution < 1.29 is 23.9 Å². The lowest BCUT2D eigenvalue weighted by molar-refractivity contribution is -0.122. The maximum atomic E-state index is 13.7. The second kappa shape index (κ2) is 9.74. The Bertz CT molecular complexity index is 1210. The molecule has 1 aromatic heterocycles. The topological polar surface area (TPSA) is 89.0 Å². The predicted molar refractivity (Wildman–Crippen MR) is 126 cm³/mol. The third-order valence-electron chi connectivity index (χ3n) is 5.76. The van der Waals surface area contributed by atoms with E-state index in [1.54, 1.807) is 48.8 Å². The van der Waals surface area contributed by atoms with Gasteiger partial charge in [0, 0.05) is 24.5 Å². The molecule has 1 unspecified atom stereocenters. The first-order valence-corrected chi connectivity index (χ1v) is 10.8. The van der Waals surface area contributed by atoms with Gasteiger partial charge in [-0.05, 0) is 48.9 Å². The van der Waals surface area contributed by atoms with Gasteiger partial charge in [0.15, 0.2) is 11.5 Å². The molecule has 1 fully saturated rings. The van der Waals surface area contributed by atoms with Crippen molar-refractivity contribution in [3.63, 3.8) is 0 Å². The van der Waals surface area contributed by atoms with Crippen molar-refractivity contribution in [2.24, 2.45) is 0 Å². The molecule has 1 aliphatic heterocycles. The van der Waals surface area contributed by atoms with Crippen molar-refractivity contribution in [1.29, 1.82) is 0 Å². The monoisotopic (exact) mass is 459 g/mol. The Morgan fingerprint density at radius 2 is 1.79 bits per heavy atom. The van der Waals surface area contributed by atoms with Crippen molar-refractivity contribution in [2.75, 3.05) is 19.1 Å². The molecule has 1 saturated heterocycles. The largest absolute Gasteiger partial charge is 0.493 e. The molecule has 0 radical (unpaired) electrons. The second-order valence-electron chi connectivity index (χ2n) is 7.99. The van der Waals surface area contributed by atoms with Crippen LogP contribution in [0.3, 0.4) is 0 Å². The van der Waals surface area contributed by atoms with Crippen LogP contribution in [-0.4, -0.2) is 47.9 Å². The summed E-state index contributed by atoms with van der Waals surface area (Å²) in [5.41, 5.74) is 2.56. The SMILES string of the molecule is COc1ccc(C(=O)N(Cc2cccnc2)C2CC(=O)N(c3ccc(C)cc3)C2=O)cc1OC. The van der Waals surface area contributed by atoms with E-state index in [-0.39, 0.29) is 18.9 Å². The normalized spacial score (nSPS) is 15.4. The fourth-order valence-electron chi connectivity index (χ4n) is 3.97. The second-order valence-corrected chi connectivity index (χ2v) is 7.99. The smallest absolute Gasteiger partial charge is 0.257 e. The van der Waals surface area contributed by atoms with Gasteiger partial charge in [0.1, 0.15) is 6.04 Å². The molecule has 174 valence electrons. The number of hydrogen-bond donors (Lipinski definition) is 0. The molecule has 8 nitrogen and oxygen atoms in total. The predicted octanol–water partition coefficient (Wildman–Crippen LogP) is 3.38. The van der Waals surface area contributed by atoms with E-state index < -0.39 is 17.9 Å². The highest BCUT2D eigenvalue weighted by Crippen LogP contribution is 2.31. The van der Waals surface area contributed by atoms with Crippen LogP contribution in [0.1, 0.15) is 27.9 Å². The van der Waals surface area contributed by atoms with Crippen molar-refractivity contribution in [1.82, 2.24) is 9.88 Å². The Hall–Kier alpha value is -4.20. The number of benzene rings is 2. The van der Waals surface area contributed by atoms with Gasteiger partial charge in [-0.1, -0.05) is 23.8 Å². The molecule has 4 rings (SSSR count). The van der Waals surface area contributed by atoms with E-state index in [2.05, 4.69) is 4.98 Å². The van der Waals surface area contributed by atoms with Crippen LogP contribution in [0.25, 0.3) is 0 Å². The van der Waals surface area contributed by atoms with E-state index in [1.807, 2.05) is 25.1 Å². The van der Waals surface area contributed by atoms with Crippen molar-refractivity contribution >= 4 is 23.4 Å². The molecule has 8 heteroatoms. The van der Waals surface area contributed by atoms with Gasteiger partial charge in [0.25, 0.3) is 11.8 Å². The lowest BCUT2D eigenvalue weighted by Crippen LogP contribution is -2.45. The summed E-state index contributed by atoms with van der Waals surface area (Å²) in [6.45, 7) is 2.05.